The largest absolute Gasteiger partial charge is 0.468 e. The molecule has 2 heterocycles. The summed E-state index contributed by atoms with van der Waals surface area (Å²) >= 11 is 1.57. The monoisotopic (exact) mass is 221 g/mol. The molecule has 15 heavy (non-hydrogen) atoms. The van der Waals surface area contributed by atoms with Gasteiger partial charge in [0.05, 0.1) is 11.2 Å². The highest BCUT2D eigenvalue weighted by atomic mass is 32.2. The molecule has 0 atom stereocenters. The standard InChI is InChI=1S/C10H11N3OS/c1-7-8(4-6-14-7)15-9-3-5-12-10(11-2)13-9/h3-6H,1-2H3,(H,11,12,13). The molecule has 1 N–H and O–H groups in total. The highest BCUT2D eigenvalue weighted by Crippen LogP contribution is 2.29. The highest BCUT2D eigenvalue weighted by Gasteiger charge is 2.05. The molecular weight excluding hydrogens is 210 g/mol. The Kier molecular flexibility index (Phi) is 2.91. The summed E-state index contributed by atoms with van der Waals surface area (Å²) in [6, 6.07) is 3.80. The summed E-state index contributed by atoms with van der Waals surface area (Å²) in [6.07, 6.45) is 3.41. The summed E-state index contributed by atoms with van der Waals surface area (Å²) in [6.45, 7) is 1.93. The predicted molar refractivity (Wildman–Crippen MR) is 59.1 cm³/mol. The van der Waals surface area contributed by atoms with E-state index in [4.69, 9.17) is 4.42 Å². The normalized spacial score (nSPS) is 10.3. The summed E-state index contributed by atoms with van der Waals surface area (Å²) in [5, 5.41) is 3.80. The average Bonchev–Trinajstić information content (AvgIpc) is 2.65. The van der Waals surface area contributed by atoms with E-state index in [1.165, 1.54) is 0 Å². The Morgan fingerprint density at radius 1 is 1.40 bits per heavy atom. The van der Waals surface area contributed by atoms with Crippen molar-refractivity contribution >= 4 is 17.7 Å². The van der Waals surface area contributed by atoms with Crippen LogP contribution in [0.2, 0.25) is 0 Å². The molecule has 2 aromatic heterocycles. The molecule has 0 spiro atoms. The molecule has 0 saturated carbocycles. The number of anilines is 1. The van der Waals surface area contributed by atoms with E-state index < -0.39 is 0 Å². The first-order valence-electron chi connectivity index (χ1n) is 4.52. The van der Waals surface area contributed by atoms with Crippen LogP contribution in [0.15, 0.2) is 38.9 Å². The highest BCUT2D eigenvalue weighted by molar-refractivity contribution is 7.99. The number of hydrogen-bond acceptors (Lipinski definition) is 5. The van der Waals surface area contributed by atoms with E-state index in [2.05, 4.69) is 15.3 Å². The Hall–Kier alpha value is -1.49. The predicted octanol–water partition coefficient (Wildman–Crippen LogP) is 2.57. The van der Waals surface area contributed by atoms with Crippen LogP contribution in [0.5, 0.6) is 0 Å². The second-order valence-corrected chi connectivity index (χ2v) is 3.97. The molecule has 0 aromatic carbocycles. The van der Waals surface area contributed by atoms with Crippen LogP contribution in [0, 0.1) is 6.92 Å². The van der Waals surface area contributed by atoms with Crippen molar-refractivity contribution < 1.29 is 4.42 Å². The number of aryl methyl sites for hydroxylation is 1. The number of hydrogen-bond donors (Lipinski definition) is 1. The van der Waals surface area contributed by atoms with Crippen molar-refractivity contribution in [3.63, 3.8) is 0 Å². The molecule has 0 aliphatic rings. The maximum atomic E-state index is 5.21. The third-order valence-electron chi connectivity index (χ3n) is 1.88. The van der Waals surface area contributed by atoms with Crippen molar-refractivity contribution in [2.75, 3.05) is 12.4 Å². The number of aromatic nitrogens is 2. The molecule has 0 bridgehead atoms. The van der Waals surface area contributed by atoms with Gasteiger partial charge in [0.2, 0.25) is 5.95 Å². The lowest BCUT2D eigenvalue weighted by Crippen LogP contribution is -1.95. The van der Waals surface area contributed by atoms with Crippen LogP contribution in [0.25, 0.3) is 0 Å². The zero-order valence-corrected chi connectivity index (χ0v) is 9.34. The van der Waals surface area contributed by atoms with Crippen LogP contribution >= 0.6 is 11.8 Å². The molecule has 0 aliphatic carbocycles. The van der Waals surface area contributed by atoms with Gasteiger partial charge < -0.3 is 9.73 Å². The maximum Gasteiger partial charge on any atom is 0.223 e. The zero-order valence-electron chi connectivity index (χ0n) is 8.52. The van der Waals surface area contributed by atoms with E-state index in [-0.39, 0.29) is 0 Å². The average molecular weight is 221 g/mol. The smallest absolute Gasteiger partial charge is 0.223 e. The molecule has 0 radical (unpaired) electrons. The molecule has 4 nitrogen and oxygen atoms in total. The molecule has 2 aromatic rings. The first-order valence-corrected chi connectivity index (χ1v) is 5.34. The Balaban J connectivity index is 2.21. The van der Waals surface area contributed by atoms with Crippen LogP contribution in [0.1, 0.15) is 5.76 Å². The van der Waals surface area contributed by atoms with E-state index in [1.807, 2.05) is 19.1 Å². The van der Waals surface area contributed by atoms with E-state index in [0.717, 1.165) is 15.7 Å². The van der Waals surface area contributed by atoms with Gasteiger partial charge in [-0.25, -0.2) is 9.97 Å². The fourth-order valence-corrected chi connectivity index (χ4v) is 1.91. The summed E-state index contributed by atoms with van der Waals surface area (Å²) in [5.74, 6) is 1.53. The number of rotatable bonds is 3. The Morgan fingerprint density at radius 3 is 2.93 bits per heavy atom. The van der Waals surface area contributed by atoms with E-state index in [9.17, 15) is 0 Å². The lowest BCUT2D eigenvalue weighted by atomic mass is 10.5. The number of nitrogens with one attached hydrogen (secondary N) is 1. The molecule has 0 fully saturated rings. The Bertz CT molecular complexity index is 455. The molecule has 78 valence electrons. The number of furan rings is 1. The van der Waals surface area contributed by atoms with Gasteiger partial charge in [-0.1, -0.05) is 11.8 Å². The van der Waals surface area contributed by atoms with E-state index in [1.54, 1.807) is 31.3 Å². The van der Waals surface area contributed by atoms with Gasteiger partial charge in [0, 0.05) is 13.2 Å². The minimum atomic E-state index is 0.626. The van der Waals surface area contributed by atoms with Gasteiger partial charge in [0.1, 0.15) is 10.8 Å². The molecule has 0 amide bonds. The lowest BCUT2D eigenvalue weighted by molar-refractivity contribution is 0.527. The van der Waals surface area contributed by atoms with Crippen molar-refractivity contribution in [1.29, 1.82) is 0 Å². The van der Waals surface area contributed by atoms with Gasteiger partial charge in [-0.2, -0.15) is 0 Å². The van der Waals surface area contributed by atoms with Gasteiger partial charge in [0.25, 0.3) is 0 Å². The quantitative estimate of drug-likeness (QED) is 0.807. The van der Waals surface area contributed by atoms with Crippen molar-refractivity contribution in [3.8, 4) is 0 Å². The van der Waals surface area contributed by atoms with Gasteiger partial charge >= 0.3 is 0 Å². The van der Waals surface area contributed by atoms with Gasteiger partial charge in [-0.3, -0.25) is 0 Å². The summed E-state index contributed by atoms with van der Waals surface area (Å²) in [4.78, 5) is 9.44. The topological polar surface area (TPSA) is 51.0 Å². The molecular formula is C10H11N3OS. The second-order valence-electron chi connectivity index (χ2n) is 2.91. The van der Waals surface area contributed by atoms with Crippen molar-refractivity contribution in [2.45, 2.75) is 16.8 Å². The summed E-state index contributed by atoms with van der Waals surface area (Å²) in [7, 11) is 1.80. The van der Waals surface area contributed by atoms with E-state index >= 15 is 0 Å². The maximum absolute atomic E-state index is 5.21. The first kappa shape index (κ1) is 10.0. The number of nitrogens with zero attached hydrogens (tertiary/aromatic N) is 2. The Labute approximate surface area is 92.1 Å². The molecule has 2 rings (SSSR count). The third kappa shape index (κ3) is 2.30. The fraction of sp³-hybridized carbons (Fsp3) is 0.200. The van der Waals surface area contributed by atoms with Crippen LogP contribution < -0.4 is 5.32 Å². The molecule has 5 heteroatoms. The zero-order chi connectivity index (χ0) is 10.7. The van der Waals surface area contributed by atoms with Crippen LogP contribution in [0.3, 0.4) is 0 Å². The summed E-state index contributed by atoms with van der Waals surface area (Å²) < 4.78 is 5.21. The molecule has 0 unspecified atom stereocenters. The van der Waals surface area contributed by atoms with Crippen molar-refractivity contribution in [2.24, 2.45) is 0 Å². The lowest BCUT2D eigenvalue weighted by Gasteiger charge is -2.01. The van der Waals surface area contributed by atoms with Crippen molar-refractivity contribution in [3.05, 3.63) is 30.4 Å². The third-order valence-corrected chi connectivity index (χ3v) is 2.96. The van der Waals surface area contributed by atoms with Crippen LogP contribution in [0.4, 0.5) is 5.95 Å². The molecule has 0 aliphatic heterocycles. The minimum Gasteiger partial charge on any atom is -0.468 e. The van der Waals surface area contributed by atoms with Crippen LogP contribution in [-0.2, 0) is 0 Å². The Morgan fingerprint density at radius 2 is 2.27 bits per heavy atom. The minimum absolute atomic E-state index is 0.626. The van der Waals surface area contributed by atoms with Crippen molar-refractivity contribution in [1.82, 2.24) is 9.97 Å². The molecule has 0 saturated heterocycles. The second kappa shape index (κ2) is 4.35. The van der Waals surface area contributed by atoms with E-state index in [0.29, 0.717) is 5.95 Å². The first-order chi connectivity index (χ1) is 7.29. The van der Waals surface area contributed by atoms with Gasteiger partial charge in [0.15, 0.2) is 0 Å². The summed E-state index contributed by atoms with van der Waals surface area (Å²) in [5.41, 5.74) is 0. The SMILES string of the molecule is CNc1nccc(Sc2ccoc2C)n1. The van der Waals surface area contributed by atoms with Crippen LogP contribution in [-0.4, -0.2) is 17.0 Å². The fourth-order valence-electron chi connectivity index (χ4n) is 1.11. The van der Waals surface area contributed by atoms with Gasteiger partial charge in [-0.05, 0) is 19.1 Å². The van der Waals surface area contributed by atoms with Gasteiger partial charge in [-0.15, -0.1) is 0 Å².